The van der Waals surface area contributed by atoms with E-state index in [1.54, 1.807) is 0 Å². The molecule has 0 amide bonds. The van der Waals surface area contributed by atoms with Crippen molar-refractivity contribution >= 4 is 0 Å². The lowest BCUT2D eigenvalue weighted by Gasteiger charge is -2.10. The van der Waals surface area contributed by atoms with Gasteiger partial charge in [0.15, 0.2) is 5.76 Å². The molecule has 0 aliphatic carbocycles. The molecule has 18 heavy (non-hydrogen) atoms. The van der Waals surface area contributed by atoms with Gasteiger partial charge in [0.2, 0.25) is 0 Å². The molecule has 0 radical (unpaired) electrons. The van der Waals surface area contributed by atoms with Crippen molar-refractivity contribution < 1.29 is 4.52 Å². The van der Waals surface area contributed by atoms with Gasteiger partial charge in [-0.3, -0.25) is 0 Å². The van der Waals surface area contributed by atoms with E-state index >= 15 is 0 Å². The molecule has 0 spiro atoms. The van der Waals surface area contributed by atoms with Crippen molar-refractivity contribution in [3.63, 3.8) is 0 Å². The summed E-state index contributed by atoms with van der Waals surface area (Å²) in [5.41, 5.74) is 10.5. The fourth-order valence-electron chi connectivity index (χ4n) is 2.11. The SMILES string of the molecule is Cc1cccc(C)c1-c1cc(C(N)C(C)C)on1. The highest BCUT2D eigenvalue weighted by atomic mass is 16.5. The van der Waals surface area contributed by atoms with Crippen LogP contribution in [0.1, 0.15) is 36.8 Å². The summed E-state index contributed by atoms with van der Waals surface area (Å²) >= 11 is 0. The van der Waals surface area contributed by atoms with Gasteiger partial charge in [-0.05, 0) is 30.9 Å². The second-order valence-corrected chi connectivity index (χ2v) is 5.15. The van der Waals surface area contributed by atoms with Crippen molar-refractivity contribution in [1.82, 2.24) is 5.16 Å². The zero-order chi connectivity index (χ0) is 13.3. The van der Waals surface area contributed by atoms with Gasteiger partial charge in [-0.25, -0.2) is 0 Å². The van der Waals surface area contributed by atoms with Gasteiger partial charge in [0.1, 0.15) is 5.69 Å². The van der Waals surface area contributed by atoms with Gasteiger partial charge in [0, 0.05) is 11.6 Å². The van der Waals surface area contributed by atoms with Crippen LogP contribution in [0.5, 0.6) is 0 Å². The third-order valence-corrected chi connectivity index (χ3v) is 3.31. The number of nitrogens with two attached hydrogens (primary N) is 1. The van der Waals surface area contributed by atoms with E-state index in [1.165, 1.54) is 11.1 Å². The first kappa shape index (κ1) is 12.8. The maximum absolute atomic E-state index is 6.07. The molecule has 0 aliphatic rings. The lowest BCUT2D eigenvalue weighted by molar-refractivity contribution is 0.333. The van der Waals surface area contributed by atoms with Crippen molar-refractivity contribution in [3.05, 3.63) is 41.2 Å². The first-order valence-corrected chi connectivity index (χ1v) is 6.29. The monoisotopic (exact) mass is 244 g/mol. The fourth-order valence-corrected chi connectivity index (χ4v) is 2.11. The van der Waals surface area contributed by atoms with E-state index in [-0.39, 0.29) is 6.04 Å². The second kappa shape index (κ2) is 4.94. The van der Waals surface area contributed by atoms with Gasteiger partial charge in [-0.2, -0.15) is 0 Å². The standard InChI is InChI=1S/C15H20N2O/c1-9(2)15(16)13-8-12(17-18-13)14-10(3)6-5-7-11(14)4/h5-9,15H,16H2,1-4H3. The summed E-state index contributed by atoms with van der Waals surface area (Å²) in [4.78, 5) is 0. The molecule has 0 saturated carbocycles. The van der Waals surface area contributed by atoms with Gasteiger partial charge in [-0.15, -0.1) is 0 Å². The quantitative estimate of drug-likeness (QED) is 0.897. The van der Waals surface area contributed by atoms with E-state index in [2.05, 4.69) is 51.1 Å². The summed E-state index contributed by atoms with van der Waals surface area (Å²) < 4.78 is 5.38. The topological polar surface area (TPSA) is 52.0 Å². The van der Waals surface area contributed by atoms with E-state index < -0.39 is 0 Å². The van der Waals surface area contributed by atoms with Crippen molar-refractivity contribution in [2.75, 3.05) is 0 Å². The molecular weight excluding hydrogens is 224 g/mol. The minimum atomic E-state index is -0.101. The average molecular weight is 244 g/mol. The van der Waals surface area contributed by atoms with Crippen molar-refractivity contribution in [2.24, 2.45) is 11.7 Å². The molecule has 0 bridgehead atoms. The summed E-state index contributed by atoms with van der Waals surface area (Å²) in [6, 6.07) is 8.07. The molecule has 1 aromatic carbocycles. The molecule has 0 saturated heterocycles. The number of rotatable bonds is 3. The maximum Gasteiger partial charge on any atom is 0.154 e. The van der Waals surface area contributed by atoms with Crippen LogP contribution in [-0.2, 0) is 0 Å². The van der Waals surface area contributed by atoms with Gasteiger partial charge in [0.05, 0.1) is 6.04 Å². The smallest absolute Gasteiger partial charge is 0.154 e. The minimum Gasteiger partial charge on any atom is -0.359 e. The molecule has 3 nitrogen and oxygen atoms in total. The highest BCUT2D eigenvalue weighted by molar-refractivity contribution is 5.67. The Morgan fingerprint density at radius 3 is 2.33 bits per heavy atom. The van der Waals surface area contributed by atoms with E-state index in [0.29, 0.717) is 5.92 Å². The predicted molar refractivity (Wildman–Crippen MR) is 73.2 cm³/mol. The van der Waals surface area contributed by atoms with Crippen LogP contribution in [0.15, 0.2) is 28.8 Å². The van der Waals surface area contributed by atoms with E-state index in [0.717, 1.165) is 17.0 Å². The van der Waals surface area contributed by atoms with Crippen LogP contribution >= 0.6 is 0 Å². The highest BCUT2D eigenvalue weighted by Crippen LogP contribution is 2.29. The first-order chi connectivity index (χ1) is 8.50. The third-order valence-electron chi connectivity index (χ3n) is 3.31. The number of hydrogen-bond acceptors (Lipinski definition) is 3. The van der Waals surface area contributed by atoms with Crippen LogP contribution in [0.4, 0.5) is 0 Å². The summed E-state index contributed by atoms with van der Waals surface area (Å²) in [6.07, 6.45) is 0. The molecule has 0 fully saturated rings. The zero-order valence-corrected chi connectivity index (χ0v) is 11.4. The molecule has 1 heterocycles. The van der Waals surface area contributed by atoms with Crippen molar-refractivity contribution in [3.8, 4) is 11.3 Å². The van der Waals surface area contributed by atoms with Gasteiger partial charge in [-0.1, -0.05) is 37.2 Å². The first-order valence-electron chi connectivity index (χ1n) is 6.29. The van der Waals surface area contributed by atoms with Crippen LogP contribution < -0.4 is 5.73 Å². The van der Waals surface area contributed by atoms with Gasteiger partial charge < -0.3 is 10.3 Å². The average Bonchev–Trinajstić information content (AvgIpc) is 2.77. The lowest BCUT2D eigenvalue weighted by Crippen LogP contribution is -2.15. The van der Waals surface area contributed by atoms with E-state index in [1.807, 2.05) is 6.07 Å². The Morgan fingerprint density at radius 2 is 1.78 bits per heavy atom. The Balaban J connectivity index is 2.41. The second-order valence-electron chi connectivity index (χ2n) is 5.15. The van der Waals surface area contributed by atoms with Crippen LogP contribution in [0.2, 0.25) is 0 Å². The normalized spacial score (nSPS) is 13.0. The maximum atomic E-state index is 6.07. The number of hydrogen-bond donors (Lipinski definition) is 1. The molecule has 2 rings (SSSR count). The Kier molecular flexibility index (Phi) is 3.53. The van der Waals surface area contributed by atoms with Crippen molar-refractivity contribution in [2.45, 2.75) is 33.7 Å². The third kappa shape index (κ3) is 2.31. The Morgan fingerprint density at radius 1 is 1.17 bits per heavy atom. The number of aromatic nitrogens is 1. The Bertz CT molecular complexity index is 523. The number of aryl methyl sites for hydroxylation is 2. The Hall–Kier alpha value is -1.61. The van der Waals surface area contributed by atoms with Crippen molar-refractivity contribution in [1.29, 1.82) is 0 Å². The largest absolute Gasteiger partial charge is 0.359 e. The summed E-state index contributed by atoms with van der Waals surface area (Å²) in [6.45, 7) is 8.32. The Labute approximate surface area is 108 Å². The molecule has 3 heteroatoms. The summed E-state index contributed by atoms with van der Waals surface area (Å²) in [5, 5.41) is 4.16. The number of benzene rings is 1. The van der Waals surface area contributed by atoms with Crippen LogP contribution in [0, 0.1) is 19.8 Å². The molecule has 1 unspecified atom stereocenters. The minimum absolute atomic E-state index is 0.101. The highest BCUT2D eigenvalue weighted by Gasteiger charge is 2.18. The fraction of sp³-hybridized carbons (Fsp3) is 0.400. The van der Waals surface area contributed by atoms with Crippen LogP contribution in [0.25, 0.3) is 11.3 Å². The van der Waals surface area contributed by atoms with Crippen LogP contribution in [0.3, 0.4) is 0 Å². The van der Waals surface area contributed by atoms with E-state index in [9.17, 15) is 0 Å². The van der Waals surface area contributed by atoms with Crippen LogP contribution in [-0.4, -0.2) is 5.16 Å². The molecule has 96 valence electrons. The van der Waals surface area contributed by atoms with E-state index in [4.69, 9.17) is 10.3 Å². The molecule has 2 N–H and O–H groups in total. The van der Waals surface area contributed by atoms with Gasteiger partial charge in [0.25, 0.3) is 0 Å². The van der Waals surface area contributed by atoms with Gasteiger partial charge >= 0.3 is 0 Å². The molecule has 2 aromatic rings. The molecule has 1 atom stereocenters. The zero-order valence-electron chi connectivity index (χ0n) is 11.4. The lowest BCUT2D eigenvalue weighted by atomic mass is 9.98. The molecule has 1 aromatic heterocycles. The molecular formula is C15H20N2O. The molecule has 0 aliphatic heterocycles. The summed E-state index contributed by atoms with van der Waals surface area (Å²) in [5.74, 6) is 1.09. The number of nitrogens with zero attached hydrogens (tertiary/aromatic N) is 1. The summed E-state index contributed by atoms with van der Waals surface area (Å²) in [7, 11) is 0. The predicted octanol–water partition coefficient (Wildman–Crippen LogP) is 3.61.